The summed E-state index contributed by atoms with van der Waals surface area (Å²) in [4.78, 5) is 25.1. The summed E-state index contributed by atoms with van der Waals surface area (Å²) in [6.07, 6.45) is 0. The van der Waals surface area contributed by atoms with E-state index >= 15 is 0 Å². The minimum Gasteiger partial charge on any atom is -0.342 e. The van der Waals surface area contributed by atoms with E-state index < -0.39 is 0 Å². The average molecular weight is 452 g/mol. The van der Waals surface area contributed by atoms with E-state index in [1.54, 1.807) is 6.07 Å². The molecule has 168 valence electrons. The highest BCUT2D eigenvalue weighted by Crippen LogP contribution is 2.24. The fourth-order valence-electron chi connectivity index (χ4n) is 3.31. The molecule has 0 unspecified atom stereocenters. The van der Waals surface area contributed by atoms with Gasteiger partial charge in [-0.15, -0.1) is 10.2 Å². The number of thioether (sulfide) groups is 1. The lowest BCUT2D eigenvalue weighted by atomic mass is 10.0. The van der Waals surface area contributed by atoms with E-state index in [-0.39, 0.29) is 29.5 Å². The van der Waals surface area contributed by atoms with Gasteiger partial charge >= 0.3 is 0 Å². The maximum absolute atomic E-state index is 12.8. The molecule has 0 aliphatic carbocycles. The van der Waals surface area contributed by atoms with Crippen LogP contribution >= 0.6 is 11.8 Å². The number of aryl methyl sites for hydroxylation is 2. The SMILES string of the molecule is Cc1cccc(NC(=O)CSc2nnc([C@@H](NC(=O)c3cccc(C)c3)C(C)C)n2C)c1. The largest absolute Gasteiger partial charge is 0.342 e. The van der Waals surface area contributed by atoms with Gasteiger partial charge in [-0.25, -0.2) is 0 Å². The Morgan fingerprint density at radius 2 is 1.72 bits per heavy atom. The predicted octanol–water partition coefficient (Wildman–Crippen LogP) is 4.29. The van der Waals surface area contributed by atoms with E-state index in [2.05, 4.69) is 20.8 Å². The molecule has 0 saturated carbocycles. The zero-order valence-corrected chi connectivity index (χ0v) is 19.9. The van der Waals surface area contributed by atoms with Crippen molar-refractivity contribution in [3.63, 3.8) is 0 Å². The number of nitrogens with one attached hydrogen (secondary N) is 2. The minimum absolute atomic E-state index is 0.106. The molecule has 1 heterocycles. The Bertz CT molecular complexity index is 1110. The van der Waals surface area contributed by atoms with Gasteiger partial charge in [-0.2, -0.15) is 0 Å². The van der Waals surface area contributed by atoms with Crippen LogP contribution in [-0.2, 0) is 11.8 Å². The number of anilines is 1. The van der Waals surface area contributed by atoms with Gasteiger partial charge in [-0.1, -0.05) is 55.4 Å². The van der Waals surface area contributed by atoms with Crippen molar-refractivity contribution >= 4 is 29.3 Å². The molecule has 3 aromatic rings. The summed E-state index contributed by atoms with van der Waals surface area (Å²) < 4.78 is 1.84. The molecule has 0 spiro atoms. The number of amides is 2. The third kappa shape index (κ3) is 5.97. The molecular weight excluding hydrogens is 422 g/mol. The molecule has 0 aliphatic rings. The van der Waals surface area contributed by atoms with Crippen molar-refractivity contribution in [3.05, 3.63) is 71.0 Å². The lowest BCUT2D eigenvalue weighted by Gasteiger charge is -2.21. The van der Waals surface area contributed by atoms with Crippen molar-refractivity contribution in [1.29, 1.82) is 0 Å². The quantitative estimate of drug-likeness (QED) is 0.499. The summed E-state index contributed by atoms with van der Waals surface area (Å²) in [5.74, 6) is 0.708. The highest BCUT2D eigenvalue weighted by molar-refractivity contribution is 7.99. The fraction of sp³-hybridized carbons (Fsp3) is 0.333. The maximum Gasteiger partial charge on any atom is 0.251 e. The fourth-order valence-corrected chi connectivity index (χ4v) is 4.03. The van der Waals surface area contributed by atoms with E-state index in [1.807, 2.05) is 81.8 Å². The van der Waals surface area contributed by atoms with Crippen LogP contribution in [0.25, 0.3) is 0 Å². The van der Waals surface area contributed by atoms with E-state index in [0.717, 1.165) is 16.8 Å². The summed E-state index contributed by atoms with van der Waals surface area (Å²) in [7, 11) is 1.85. The van der Waals surface area contributed by atoms with Gasteiger partial charge in [0, 0.05) is 18.3 Å². The van der Waals surface area contributed by atoms with Crippen molar-refractivity contribution in [2.45, 2.75) is 38.9 Å². The first-order valence-electron chi connectivity index (χ1n) is 10.5. The van der Waals surface area contributed by atoms with Crippen LogP contribution in [0, 0.1) is 19.8 Å². The number of carbonyl (C=O) groups excluding carboxylic acids is 2. The van der Waals surface area contributed by atoms with E-state index in [1.165, 1.54) is 11.8 Å². The van der Waals surface area contributed by atoms with Crippen LogP contribution in [0.1, 0.15) is 47.2 Å². The molecule has 1 atom stereocenters. The third-order valence-electron chi connectivity index (χ3n) is 5.01. The van der Waals surface area contributed by atoms with Crippen LogP contribution in [0.3, 0.4) is 0 Å². The second kappa shape index (κ2) is 10.5. The second-order valence-electron chi connectivity index (χ2n) is 8.17. The van der Waals surface area contributed by atoms with Crippen molar-refractivity contribution in [1.82, 2.24) is 20.1 Å². The van der Waals surface area contributed by atoms with Gasteiger partial charge in [0.25, 0.3) is 5.91 Å². The Hall–Kier alpha value is -3.13. The molecule has 2 N–H and O–H groups in total. The first-order chi connectivity index (χ1) is 15.2. The van der Waals surface area contributed by atoms with Gasteiger partial charge < -0.3 is 15.2 Å². The molecule has 2 aromatic carbocycles. The number of hydrogen-bond acceptors (Lipinski definition) is 5. The molecule has 0 fully saturated rings. The smallest absolute Gasteiger partial charge is 0.251 e. The molecular formula is C24H29N5O2S. The van der Waals surface area contributed by atoms with E-state index in [9.17, 15) is 9.59 Å². The minimum atomic E-state index is -0.309. The molecule has 8 heteroatoms. The summed E-state index contributed by atoms with van der Waals surface area (Å²) >= 11 is 1.31. The molecule has 0 radical (unpaired) electrons. The Balaban J connectivity index is 1.67. The molecule has 0 saturated heterocycles. The number of carbonyl (C=O) groups is 2. The standard InChI is InChI=1S/C24H29N5O2S/c1-15(2)21(26-23(31)18-10-6-8-16(3)12-18)22-27-28-24(29(22)5)32-14-20(30)25-19-11-7-9-17(4)13-19/h6-13,15,21H,14H2,1-5H3,(H,25,30)(H,26,31)/t21-/m0/s1. The van der Waals surface area contributed by atoms with Gasteiger partial charge in [0.05, 0.1) is 11.8 Å². The summed E-state index contributed by atoms with van der Waals surface area (Å²) in [6.45, 7) is 7.99. The highest BCUT2D eigenvalue weighted by atomic mass is 32.2. The zero-order valence-electron chi connectivity index (χ0n) is 19.0. The molecule has 7 nitrogen and oxygen atoms in total. The summed E-state index contributed by atoms with van der Waals surface area (Å²) in [5, 5.41) is 15.2. The van der Waals surface area contributed by atoms with Gasteiger partial charge in [0.2, 0.25) is 5.91 Å². The first kappa shape index (κ1) is 23.5. The molecule has 1 aromatic heterocycles. The number of nitrogens with zero attached hydrogens (tertiary/aromatic N) is 3. The van der Waals surface area contributed by atoms with Crippen LogP contribution in [0.4, 0.5) is 5.69 Å². The Morgan fingerprint density at radius 1 is 1.03 bits per heavy atom. The van der Waals surface area contributed by atoms with Crippen LogP contribution in [-0.4, -0.2) is 32.3 Å². The first-order valence-corrected chi connectivity index (χ1v) is 11.5. The normalized spacial score (nSPS) is 11.9. The summed E-state index contributed by atoms with van der Waals surface area (Å²) in [6, 6.07) is 14.8. The van der Waals surface area contributed by atoms with E-state index in [0.29, 0.717) is 16.5 Å². The van der Waals surface area contributed by atoms with Gasteiger partial charge in [-0.3, -0.25) is 9.59 Å². The third-order valence-corrected chi connectivity index (χ3v) is 6.03. The van der Waals surface area contributed by atoms with Gasteiger partial charge in [0.15, 0.2) is 11.0 Å². The molecule has 0 aliphatic heterocycles. The number of hydrogen-bond donors (Lipinski definition) is 2. The molecule has 32 heavy (non-hydrogen) atoms. The van der Waals surface area contributed by atoms with E-state index in [4.69, 9.17) is 0 Å². The molecule has 3 rings (SSSR count). The Morgan fingerprint density at radius 3 is 2.38 bits per heavy atom. The Labute approximate surface area is 193 Å². The van der Waals surface area contributed by atoms with Crippen molar-refractivity contribution in [2.75, 3.05) is 11.1 Å². The molecule has 2 amide bonds. The summed E-state index contributed by atoms with van der Waals surface area (Å²) in [5.41, 5.74) is 3.49. The monoisotopic (exact) mass is 451 g/mol. The van der Waals surface area contributed by atoms with Crippen LogP contribution in [0.15, 0.2) is 53.7 Å². The van der Waals surface area contributed by atoms with Crippen molar-refractivity contribution in [3.8, 4) is 0 Å². The predicted molar refractivity (Wildman–Crippen MR) is 128 cm³/mol. The number of rotatable bonds is 8. The highest BCUT2D eigenvalue weighted by Gasteiger charge is 2.25. The second-order valence-corrected chi connectivity index (χ2v) is 9.11. The van der Waals surface area contributed by atoms with Crippen molar-refractivity contribution < 1.29 is 9.59 Å². The molecule has 0 bridgehead atoms. The van der Waals surface area contributed by atoms with Gasteiger partial charge in [-0.05, 0) is 49.6 Å². The zero-order chi connectivity index (χ0) is 23.3. The van der Waals surface area contributed by atoms with Crippen LogP contribution < -0.4 is 10.6 Å². The lowest BCUT2D eigenvalue weighted by Crippen LogP contribution is -2.33. The van der Waals surface area contributed by atoms with Crippen molar-refractivity contribution in [2.24, 2.45) is 13.0 Å². The van der Waals surface area contributed by atoms with Crippen LogP contribution in [0.5, 0.6) is 0 Å². The lowest BCUT2D eigenvalue weighted by molar-refractivity contribution is -0.113. The van der Waals surface area contributed by atoms with Crippen LogP contribution in [0.2, 0.25) is 0 Å². The average Bonchev–Trinajstić information content (AvgIpc) is 3.10. The Kier molecular flexibility index (Phi) is 7.69. The maximum atomic E-state index is 12.8. The number of aromatic nitrogens is 3. The topological polar surface area (TPSA) is 88.9 Å². The number of benzene rings is 2. The van der Waals surface area contributed by atoms with Gasteiger partial charge in [0.1, 0.15) is 0 Å².